The maximum Gasteiger partial charge on any atom is 0.339 e. The number of hydrogen-bond donors (Lipinski definition) is 0. The molecule has 0 radical (unpaired) electrons. The van der Waals surface area contributed by atoms with Crippen molar-refractivity contribution in [1.82, 2.24) is 9.21 Å². The molecule has 1 saturated heterocycles. The number of amides is 2. The minimum absolute atomic E-state index is 0.0427. The Morgan fingerprint density at radius 1 is 1.25 bits per heavy atom. The second-order valence-electron chi connectivity index (χ2n) is 5.36. The summed E-state index contributed by atoms with van der Waals surface area (Å²) in [5.74, 6) is -2.74. The van der Waals surface area contributed by atoms with Crippen LogP contribution in [-0.4, -0.2) is 61.6 Å². The zero-order valence-electron chi connectivity index (χ0n) is 13.6. The van der Waals surface area contributed by atoms with E-state index in [0.29, 0.717) is 4.31 Å². The van der Waals surface area contributed by atoms with Gasteiger partial charge < -0.3 is 9.64 Å². The van der Waals surface area contributed by atoms with Crippen molar-refractivity contribution in [2.75, 3.05) is 20.2 Å². The van der Waals surface area contributed by atoms with E-state index in [1.165, 1.54) is 26.1 Å². The molecule has 130 valence electrons. The number of piperazine rings is 1. The molecule has 0 aromatic heterocycles. The summed E-state index contributed by atoms with van der Waals surface area (Å²) in [7, 11) is -3.04. The van der Waals surface area contributed by atoms with E-state index in [1.807, 2.05) is 0 Å². The predicted molar refractivity (Wildman–Crippen MR) is 83.3 cm³/mol. The standard InChI is InChI=1S/C15H18N2O6S/c1-4-23-15(20)13-14(19)16(3)9-12(18)17(13)24(21,22)11-7-5-10(2)6-8-11/h5-8,13H,4,9H2,1-3H3. The van der Waals surface area contributed by atoms with Gasteiger partial charge in [-0.2, -0.15) is 0 Å². The third-order valence-electron chi connectivity index (χ3n) is 3.55. The Hall–Kier alpha value is -2.42. The van der Waals surface area contributed by atoms with Crippen LogP contribution in [0.2, 0.25) is 0 Å². The molecule has 0 spiro atoms. The lowest BCUT2D eigenvalue weighted by molar-refractivity contribution is -0.162. The number of nitrogens with zero attached hydrogens (tertiary/aromatic N) is 2. The number of hydrogen-bond acceptors (Lipinski definition) is 6. The van der Waals surface area contributed by atoms with Gasteiger partial charge in [0.25, 0.3) is 21.8 Å². The van der Waals surface area contributed by atoms with Crippen LogP contribution in [0.3, 0.4) is 0 Å². The summed E-state index contributed by atoms with van der Waals surface area (Å²) in [6, 6.07) is 3.93. The van der Waals surface area contributed by atoms with Gasteiger partial charge in [-0.3, -0.25) is 9.59 Å². The molecule has 1 atom stereocenters. The van der Waals surface area contributed by atoms with Gasteiger partial charge in [0.05, 0.1) is 11.5 Å². The molecule has 1 heterocycles. The average molecular weight is 354 g/mol. The molecule has 1 unspecified atom stereocenters. The molecule has 0 saturated carbocycles. The van der Waals surface area contributed by atoms with Gasteiger partial charge in [-0.15, -0.1) is 0 Å². The van der Waals surface area contributed by atoms with E-state index in [9.17, 15) is 22.8 Å². The predicted octanol–water partition coefficient (Wildman–Crippen LogP) is -0.0840. The summed E-state index contributed by atoms with van der Waals surface area (Å²) in [6.07, 6.45) is 0. The summed E-state index contributed by atoms with van der Waals surface area (Å²) >= 11 is 0. The molecule has 0 bridgehead atoms. The van der Waals surface area contributed by atoms with Crippen LogP contribution < -0.4 is 0 Å². The summed E-state index contributed by atoms with van der Waals surface area (Å²) in [4.78, 5) is 37.5. The number of rotatable bonds is 4. The van der Waals surface area contributed by atoms with Crippen LogP contribution in [0.4, 0.5) is 0 Å². The molecule has 0 N–H and O–H groups in total. The molecule has 1 aromatic rings. The lowest BCUT2D eigenvalue weighted by Gasteiger charge is -2.36. The summed E-state index contributed by atoms with van der Waals surface area (Å²) in [5.41, 5.74) is 0.830. The van der Waals surface area contributed by atoms with Gasteiger partial charge in [0.2, 0.25) is 6.04 Å². The Morgan fingerprint density at radius 3 is 2.38 bits per heavy atom. The molecule has 24 heavy (non-hydrogen) atoms. The van der Waals surface area contributed by atoms with E-state index >= 15 is 0 Å². The fraction of sp³-hybridized carbons (Fsp3) is 0.400. The highest BCUT2D eigenvalue weighted by molar-refractivity contribution is 7.89. The Balaban J connectivity index is 2.53. The zero-order valence-corrected chi connectivity index (χ0v) is 14.4. The third kappa shape index (κ3) is 3.12. The van der Waals surface area contributed by atoms with Gasteiger partial charge in [0, 0.05) is 7.05 Å². The lowest BCUT2D eigenvalue weighted by atomic mass is 10.2. The van der Waals surface area contributed by atoms with Gasteiger partial charge in [0.15, 0.2) is 0 Å². The Bertz CT molecular complexity index is 772. The number of aryl methyl sites for hydroxylation is 1. The number of carbonyl (C=O) groups excluding carboxylic acids is 3. The Kier molecular flexibility index (Phi) is 4.93. The van der Waals surface area contributed by atoms with Crippen molar-refractivity contribution < 1.29 is 27.5 Å². The van der Waals surface area contributed by atoms with E-state index in [2.05, 4.69) is 0 Å². The monoisotopic (exact) mass is 354 g/mol. The van der Waals surface area contributed by atoms with E-state index in [1.54, 1.807) is 19.1 Å². The number of likely N-dealkylation sites (N-methyl/N-ethyl adjacent to an activating group) is 1. The molecule has 0 aliphatic carbocycles. The van der Waals surface area contributed by atoms with E-state index < -0.39 is 40.4 Å². The summed E-state index contributed by atoms with van der Waals surface area (Å²) < 4.78 is 30.7. The first-order valence-electron chi connectivity index (χ1n) is 7.25. The van der Waals surface area contributed by atoms with Crippen molar-refractivity contribution in [3.8, 4) is 0 Å². The number of esters is 1. The Morgan fingerprint density at radius 2 is 1.83 bits per heavy atom. The highest BCUT2D eigenvalue weighted by Gasteiger charge is 2.49. The number of benzene rings is 1. The molecule has 1 fully saturated rings. The van der Waals surface area contributed by atoms with Gasteiger partial charge in [-0.25, -0.2) is 17.5 Å². The number of carbonyl (C=O) groups is 3. The third-order valence-corrected chi connectivity index (χ3v) is 5.35. The van der Waals surface area contributed by atoms with Crippen LogP contribution in [0.1, 0.15) is 12.5 Å². The molecule has 8 nitrogen and oxygen atoms in total. The smallest absolute Gasteiger partial charge is 0.339 e. The molecule has 2 amide bonds. The second kappa shape index (κ2) is 6.60. The molecule has 1 aliphatic rings. The van der Waals surface area contributed by atoms with Crippen LogP contribution >= 0.6 is 0 Å². The van der Waals surface area contributed by atoms with Crippen molar-refractivity contribution in [3.05, 3.63) is 29.8 Å². The van der Waals surface area contributed by atoms with Crippen LogP contribution in [0.15, 0.2) is 29.2 Å². The highest BCUT2D eigenvalue weighted by atomic mass is 32.2. The van der Waals surface area contributed by atoms with Crippen LogP contribution in [-0.2, 0) is 29.1 Å². The largest absolute Gasteiger partial charge is 0.464 e. The molecule has 1 aliphatic heterocycles. The van der Waals surface area contributed by atoms with Crippen LogP contribution in [0.5, 0.6) is 0 Å². The minimum atomic E-state index is -4.36. The first-order valence-corrected chi connectivity index (χ1v) is 8.69. The van der Waals surface area contributed by atoms with Gasteiger partial charge in [-0.05, 0) is 26.0 Å². The van der Waals surface area contributed by atoms with Crippen LogP contribution in [0, 0.1) is 6.92 Å². The Labute approximate surface area is 140 Å². The molecule has 2 rings (SSSR count). The SMILES string of the molecule is CCOC(=O)C1C(=O)N(C)CC(=O)N1S(=O)(=O)c1ccc(C)cc1. The topological polar surface area (TPSA) is 101 Å². The van der Waals surface area contributed by atoms with Gasteiger partial charge in [-0.1, -0.05) is 17.7 Å². The van der Waals surface area contributed by atoms with Crippen molar-refractivity contribution in [2.45, 2.75) is 24.8 Å². The molecular formula is C15H18N2O6S. The fourth-order valence-electron chi connectivity index (χ4n) is 2.32. The van der Waals surface area contributed by atoms with E-state index in [4.69, 9.17) is 4.74 Å². The van der Waals surface area contributed by atoms with Crippen molar-refractivity contribution >= 4 is 27.8 Å². The quantitative estimate of drug-likeness (QED) is 0.553. The van der Waals surface area contributed by atoms with Gasteiger partial charge in [0.1, 0.15) is 6.54 Å². The zero-order chi connectivity index (χ0) is 18.1. The van der Waals surface area contributed by atoms with E-state index in [0.717, 1.165) is 10.5 Å². The van der Waals surface area contributed by atoms with E-state index in [-0.39, 0.29) is 11.5 Å². The molecule has 9 heteroatoms. The normalized spacial score (nSPS) is 18.7. The maximum absolute atomic E-state index is 12.8. The van der Waals surface area contributed by atoms with Crippen molar-refractivity contribution in [1.29, 1.82) is 0 Å². The average Bonchev–Trinajstić information content (AvgIpc) is 2.50. The fourth-order valence-corrected chi connectivity index (χ4v) is 3.80. The molecule has 1 aromatic carbocycles. The first-order chi connectivity index (χ1) is 11.2. The summed E-state index contributed by atoms with van der Waals surface area (Å²) in [5, 5.41) is 0. The maximum atomic E-state index is 12.8. The van der Waals surface area contributed by atoms with Crippen molar-refractivity contribution in [2.24, 2.45) is 0 Å². The van der Waals surface area contributed by atoms with Crippen LogP contribution in [0.25, 0.3) is 0 Å². The minimum Gasteiger partial charge on any atom is -0.464 e. The summed E-state index contributed by atoms with van der Waals surface area (Å²) in [6.45, 7) is 2.83. The number of sulfonamides is 1. The molecular weight excluding hydrogens is 336 g/mol. The van der Waals surface area contributed by atoms with Crippen molar-refractivity contribution in [3.63, 3.8) is 0 Å². The van der Waals surface area contributed by atoms with Gasteiger partial charge >= 0.3 is 5.97 Å². The number of ether oxygens (including phenoxy) is 1. The second-order valence-corrected chi connectivity index (χ2v) is 7.17. The highest BCUT2D eigenvalue weighted by Crippen LogP contribution is 2.24. The lowest BCUT2D eigenvalue weighted by Crippen LogP contribution is -2.63. The first kappa shape index (κ1) is 17.9.